The number of nitrogens with zero attached hydrogens (tertiary/aromatic N) is 2. The molecule has 0 fully saturated rings. The van der Waals surface area contributed by atoms with Crippen molar-refractivity contribution >= 4 is 46.0 Å². The molecule has 2 heterocycles. The Balaban J connectivity index is 1.57. The molecule has 0 spiro atoms. The number of halogens is 1. The van der Waals surface area contributed by atoms with Crippen LogP contribution in [-0.4, -0.2) is 30.4 Å². The molecule has 1 aliphatic heterocycles. The normalized spacial score (nSPS) is 14.7. The van der Waals surface area contributed by atoms with Crippen LogP contribution in [0.2, 0.25) is 0 Å². The average molecular weight is 725 g/mol. The number of esters is 1. The Hall–Kier alpha value is -3.90. The minimum Gasteiger partial charge on any atom is -0.493 e. The fourth-order valence-electron chi connectivity index (χ4n) is 4.94. The van der Waals surface area contributed by atoms with Gasteiger partial charge in [0.1, 0.15) is 18.4 Å². The smallest absolute Gasteiger partial charge is 0.338 e. The van der Waals surface area contributed by atoms with Gasteiger partial charge in [0.25, 0.3) is 5.56 Å². The third-order valence-electron chi connectivity index (χ3n) is 6.89. The topological polar surface area (TPSA) is 88.4 Å². The Bertz CT molecular complexity index is 1890. The largest absolute Gasteiger partial charge is 0.493 e. The number of hydrogen-bond acceptors (Lipinski definition) is 8. The molecule has 1 aromatic heterocycles. The number of rotatable bonds is 10. The number of ether oxygens (including phenoxy) is 4. The zero-order valence-electron chi connectivity index (χ0n) is 25.1. The Morgan fingerprint density at radius 1 is 1.07 bits per heavy atom. The number of carbonyl (C=O) groups excluding carboxylic acids is 1. The number of para-hydroxylation sites is 1. The highest BCUT2D eigenvalue weighted by Crippen LogP contribution is 2.36. The number of aromatic nitrogens is 1. The number of carbonyl (C=O) groups is 1. The first-order valence-corrected chi connectivity index (χ1v) is 16.1. The van der Waals surface area contributed by atoms with Gasteiger partial charge in [0, 0.05) is 9.13 Å². The second-order valence-electron chi connectivity index (χ2n) is 10.3. The van der Waals surface area contributed by atoms with E-state index in [1.54, 1.807) is 31.6 Å². The fraction of sp³-hybridized carbons (Fsp3) is 0.265. The molecular formula is C34H33IN2O6S. The van der Waals surface area contributed by atoms with E-state index >= 15 is 0 Å². The van der Waals surface area contributed by atoms with E-state index in [4.69, 9.17) is 18.9 Å². The third kappa shape index (κ3) is 6.76. The standard InChI is InChI=1S/C34H33IN2O6S/c1-6-41-33(39)30-21(4)36-34-37(31(30)25-9-7-8-10-26(25)43-20(2)3)32(38)29(44-34)18-23-13-16-27(28(17-23)40-5)42-19-22-11-14-24(35)15-12-22/h7-18,20,31H,6,19H2,1-5H3/b29-18+/t31-/m1/s1. The predicted octanol–water partition coefficient (Wildman–Crippen LogP) is 5.78. The van der Waals surface area contributed by atoms with Crippen molar-refractivity contribution in [2.75, 3.05) is 13.7 Å². The average Bonchev–Trinajstić information content (AvgIpc) is 3.30. The van der Waals surface area contributed by atoms with Gasteiger partial charge in [0.15, 0.2) is 16.3 Å². The molecule has 0 bridgehead atoms. The summed E-state index contributed by atoms with van der Waals surface area (Å²) in [6.07, 6.45) is 1.69. The minimum absolute atomic E-state index is 0.110. The second-order valence-corrected chi connectivity index (χ2v) is 12.6. The first-order valence-electron chi connectivity index (χ1n) is 14.2. The fourth-order valence-corrected chi connectivity index (χ4v) is 6.35. The van der Waals surface area contributed by atoms with E-state index in [0.717, 1.165) is 14.7 Å². The molecule has 4 aromatic rings. The van der Waals surface area contributed by atoms with Crippen LogP contribution in [0.15, 0.2) is 87.8 Å². The molecule has 3 aromatic carbocycles. The lowest BCUT2D eigenvalue weighted by molar-refractivity contribution is -0.139. The van der Waals surface area contributed by atoms with E-state index in [1.807, 2.05) is 80.6 Å². The van der Waals surface area contributed by atoms with Gasteiger partial charge in [0.05, 0.1) is 35.6 Å². The van der Waals surface area contributed by atoms with E-state index in [2.05, 4.69) is 27.6 Å². The summed E-state index contributed by atoms with van der Waals surface area (Å²) in [4.78, 5) is 32.5. The SMILES string of the molecule is CCOC(=O)C1=C(C)N=c2s/c(=C/c3ccc(OCc4ccc(I)cc4)c(OC)c3)c(=O)n2[C@@H]1c1ccccc1OC(C)C. The Labute approximate surface area is 273 Å². The number of thiazole rings is 1. The highest BCUT2D eigenvalue weighted by atomic mass is 127. The molecule has 0 aliphatic carbocycles. The van der Waals surface area contributed by atoms with E-state index < -0.39 is 12.0 Å². The van der Waals surface area contributed by atoms with Gasteiger partial charge in [-0.15, -0.1) is 0 Å². The van der Waals surface area contributed by atoms with Crippen molar-refractivity contribution in [3.05, 3.63) is 118 Å². The lowest BCUT2D eigenvalue weighted by Crippen LogP contribution is -2.40. The summed E-state index contributed by atoms with van der Waals surface area (Å²) in [5, 5.41) is 0. The first-order chi connectivity index (χ1) is 21.2. The molecule has 0 unspecified atom stereocenters. The summed E-state index contributed by atoms with van der Waals surface area (Å²) in [7, 11) is 1.58. The molecule has 1 aliphatic rings. The van der Waals surface area contributed by atoms with Crippen molar-refractivity contribution in [1.29, 1.82) is 0 Å². The Kier molecular flexibility index (Phi) is 9.90. The quantitative estimate of drug-likeness (QED) is 0.152. The summed E-state index contributed by atoms with van der Waals surface area (Å²) < 4.78 is 26.4. The Morgan fingerprint density at radius 3 is 2.52 bits per heavy atom. The van der Waals surface area contributed by atoms with E-state index in [-0.39, 0.29) is 18.3 Å². The first kappa shape index (κ1) is 31.5. The van der Waals surface area contributed by atoms with Gasteiger partial charge in [-0.05, 0) is 97.8 Å². The van der Waals surface area contributed by atoms with Gasteiger partial charge in [-0.2, -0.15) is 0 Å². The monoisotopic (exact) mass is 724 g/mol. The maximum atomic E-state index is 14.1. The van der Waals surface area contributed by atoms with Gasteiger partial charge in [-0.25, -0.2) is 9.79 Å². The molecule has 0 amide bonds. The maximum absolute atomic E-state index is 14.1. The van der Waals surface area contributed by atoms with Crippen molar-refractivity contribution in [3.63, 3.8) is 0 Å². The molecule has 1 atom stereocenters. The molecule has 228 valence electrons. The van der Waals surface area contributed by atoms with Crippen LogP contribution in [0, 0.1) is 3.57 Å². The second kappa shape index (κ2) is 13.8. The zero-order valence-corrected chi connectivity index (χ0v) is 28.1. The van der Waals surface area contributed by atoms with Crippen molar-refractivity contribution in [1.82, 2.24) is 4.57 Å². The highest BCUT2D eigenvalue weighted by Gasteiger charge is 2.35. The summed E-state index contributed by atoms with van der Waals surface area (Å²) in [5.74, 6) is 1.22. The summed E-state index contributed by atoms with van der Waals surface area (Å²) >= 11 is 3.53. The van der Waals surface area contributed by atoms with Crippen LogP contribution in [0.25, 0.3) is 6.08 Å². The lowest BCUT2D eigenvalue weighted by Gasteiger charge is -2.26. The van der Waals surface area contributed by atoms with Crippen LogP contribution in [0.1, 0.15) is 50.4 Å². The third-order valence-corrected chi connectivity index (χ3v) is 8.59. The van der Waals surface area contributed by atoms with Crippen LogP contribution < -0.4 is 29.1 Å². The maximum Gasteiger partial charge on any atom is 0.338 e. The van der Waals surface area contributed by atoms with Crippen molar-refractivity contribution < 1.29 is 23.7 Å². The number of benzene rings is 3. The predicted molar refractivity (Wildman–Crippen MR) is 179 cm³/mol. The number of allylic oxidation sites excluding steroid dienone is 1. The van der Waals surface area contributed by atoms with Crippen LogP contribution in [0.5, 0.6) is 17.2 Å². The summed E-state index contributed by atoms with van der Waals surface area (Å²) in [5.41, 5.74) is 3.02. The van der Waals surface area contributed by atoms with E-state index in [1.165, 1.54) is 11.3 Å². The molecule has 0 saturated heterocycles. The van der Waals surface area contributed by atoms with E-state index in [0.29, 0.717) is 50.0 Å². The molecule has 8 nitrogen and oxygen atoms in total. The van der Waals surface area contributed by atoms with Crippen LogP contribution in [0.4, 0.5) is 0 Å². The zero-order chi connectivity index (χ0) is 31.4. The van der Waals surface area contributed by atoms with Gasteiger partial charge >= 0.3 is 5.97 Å². The molecule has 0 saturated carbocycles. The van der Waals surface area contributed by atoms with Crippen LogP contribution in [-0.2, 0) is 16.1 Å². The van der Waals surface area contributed by atoms with Crippen molar-refractivity contribution in [2.24, 2.45) is 4.99 Å². The summed E-state index contributed by atoms with van der Waals surface area (Å²) in [6.45, 7) is 7.98. The van der Waals surface area contributed by atoms with Crippen LogP contribution in [0.3, 0.4) is 0 Å². The van der Waals surface area contributed by atoms with Crippen LogP contribution >= 0.6 is 33.9 Å². The van der Waals surface area contributed by atoms with Gasteiger partial charge < -0.3 is 18.9 Å². The number of fused-ring (bicyclic) bond motifs is 1. The number of hydrogen-bond donors (Lipinski definition) is 0. The highest BCUT2D eigenvalue weighted by molar-refractivity contribution is 14.1. The van der Waals surface area contributed by atoms with E-state index in [9.17, 15) is 9.59 Å². The molecule has 10 heteroatoms. The van der Waals surface area contributed by atoms with Gasteiger partial charge in [-0.3, -0.25) is 9.36 Å². The molecular weight excluding hydrogens is 691 g/mol. The lowest BCUT2D eigenvalue weighted by atomic mass is 9.95. The molecule has 0 radical (unpaired) electrons. The van der Waals surface area contributed by atoms with Gasteiger partial charge in [0.2, 0.25) is 0 Å². The molecule has 44 heavy (non-hydrogen) atoms. The van der Waals surface area contributed by atoms with Crippen molar-refractivity contribution in [3.8, 4) is 17.2 Å². The van der Waals surface area contributed by atoms with Gasteiger partial charge in [-0.1, -0.05) is 47.7 Å². The minimum atomic E-state index is -0.769. The number of methoxy groups -OCH3 is 1. The van der Waals surface area contributed by atoms with Crippen molar-refractivity contribution in [2.45, 2.75) is 46.4 Å². The molecule has 5 rings (SSSR count). The Morgan fingerprint density at radius 2 is 1.82 bits per heavy atom. The molecule has 0 N–H and O–H groups in total. The summed E-state index contributed by atoms with van der Waals surface area (Å²) in [6, 6.07) is 20.3.